The van der Waals surface area contributed by atoms with Crippen molar-refractivity contribution in [1.29, 1.82) is 0 Å². The molecule has 1 unspecified atom stereocenters. The summed E-state index contributed by atoms with van der Waals surface area (Å²) in [5.41, 5.74) is 6.55. The molecule has 0 bridgehead atoms. The fourth-order valence-corrected chi connectivity index (χ4v) is 2.41. The Labute approximate surface area is 117 Å². The molecule has 3 heterocycles. The van der Waals surface area contributed by atoms with Crippen molar-refractivity contribution in [3.63, 3.8) is 0 Å². The van der Waals surface area contributed by atoms with Crippen LogP contribution in [0.4, 0.5) is 0 Å². The van der Waals surface area contributed by atoms with Crippen LogP contribution in [0.15, 0.2) is 12.7 Å². The van der Waals surface area contributed by atoms with Gasteiger partial charge in [0.05, 0.1) is 6.61 Å². The summed E-state index contributed by atoms with van der Waals surface area (Å²) in [6.07, 6.45) is -1.32. The molecular weight excluding hydrogens is 290 g/mol. The van der Waals surface area contributed by atoms with Crippen molar-refractivity contribution in [2.45, 2.75) is 24.2 Å². The minimum Gasteiger partial charge on any atom is -0.394 e. The molecule has 9 nitrogen and oxygen atoms in total. The molecule has 0 aromatic carbocycles. The second-order valence-corrected chi connectivity index (χ2v) is 4.84. The molecule has 1 aliphatic rings. The van der Waals surface area contributed by atoms with Gasteiger partial charge in [0, 0.05) is 0 Å². The Balaban J connectivity index is 2.13. The standard InChI is InChI=1S/C10H12ClN5O4/c11-8-5-9(14-2-13-8)16(3-15-5)10(12)7(19)6(18)4(1-17)20-10/h2-4,6-7,17-19H,1,12H2/t4-,6-,7-,10?/m1/s1. The van der Waals surface area contributed by atoms with Crippen LogP contribution in [0.5, 0.6) is 0 Å². The summed E-state index contributed by atoms with van der Waals surface area (Å²) < 4.78 is 6.61. The van der Waals surface area contributed by atoms with Crippen LogP contribution in [-0.4, -0.2) is 59.8 Å². The first-order chi connectivity index (χ1) is 9.49. The van der Waals surface area contributed by atoms with Gasteiger partial charge in [-0.1, -0.05) is 11.6 Å². The van der Waals surface area contributed by atoms with Crippen LogP contribution in [0.25, 0.3) is 11.2 Å². The largest absolute Gasteiger partial charge is 0.394 e. The van der Waals surface area contributed by atoms with E-state index in [1.807, 2.05) is 0 Å². The maximum atomic E-state index is 10.1. The van der Waals surface area contributed by atoms with Gasteiger partial charge < -0.3 is 20.1 Å². The number of fused-ring (bicyclic) bond motifs is 1. The second kappa shape index (κ2) is 4.58. The molecule has 0 spiro atoms. The highest BCUT2D eigenvalue weighted by molar-refractivity contribution is 6.33. The zero-order valence-corrected chi connectivity index (χ0v) is 10.8. The zero-order valence-electron chi connectivity index (χ0n) is 10.1. The summed E-state index contributed by atoms with van der Waals surface area (Å²) in [4.78, 5) is 11.8. The molecular formula is C10H12ClN5O4. The normalized spacial score (nSPS) is 34.0. The van der Waals surface area contributed by atoms with Crippen molar-refractivity contribution < 1.29 is 20.1 Å². The topological polar surface area (TPSA) is 140 Å². The van der Waals surface area contributed by atoms with E-state index in [0.29, 0.717) is 0 Å². The number of halogens is 1. The van der Waals surface area contributed by atoms with Crippen LogP contribution >= 0.6 is 11.6 Å². The Morgan fingerprint density at radius 3 is 2.80 bits per heavy atom. The molecule has 5 N–H and O–H groups in total. The number of ether oxygens (including phenoxy) is 1. The number of hydrogen-bond acceptors (Lipinski definition) is 8. The maximum Gasteiger partial charge on any atom is 0.231 e. The van der Waals surface area contributed by atoms with Gasteiger partial charge in [-0.15, -0.1) is 0 Å². The number of hydrogen-bond donors (Lipinski definition) is 4. The van der Waals surface area contributed by atoms with Crippen LogP contribution < -0.4 is 5.73 Å². The lowest BCUT2D eigenvalue weighted by molar-refractivity contribution is -0.141. The predicted molar refractivity (Wildman–Crippen MR) is 66.5 cm³/mol. The number of rotatable bonds is 2. The quantitative estimate of drug-likeness (QED) is 0.475. The molecule has 1 fully saturated rings. The van der Waals surface area contributed by atoms with Gasteiger partial charge in [-0.05, 0) is 0 Å². The Morgan fingerprint density at radius 1 is 1.40 bits per heavy atom. The molecule has 2 aromatic rings. The average Bonchev–Trinajstić information content (AvgIpc) is 2.96. The number of aromatic nitrogens is 4. The number of aliphatic hydroxyl groups is 3. The van der Waals surface area contributed by atoms with Gasteiger partial charge in [-0.3, -0.25) is 10.3 Å². The smallest absolute Gasteiger partial charge is 0.231 e. The molecule has 20 heavy (non-hydrogen) atoms. The van der Waals surface area contributed by atoms with Crippen molar-refractivity contribution >= 4 is 22.8 Å². The Bertz CT molecular complexity index is 652. The molecule has 1 saturated heterocycles. The highest BCUT2D eigenvalue weighted by Crippen LogP contribution is 2.33. The van der Waals surface area contributed by atoms with E-state index in [2.05, 4.69) is 15.0 Å². The van der Waals surface area contributed by atoms with Crippen molar-refractivity contribution in [2.24, 2.45) is 5.73 Å². The molecule has 108 valence electrons. The van der Waals surface area contributed by atoms with Gasteiger partial charge in [-0.25, -0.2) is 15.0 Å². The van der Waals surface area contributed by atoms with E-state index in [9.17, 15) is 10.2 Å². The van der Waals surface area contributed by atoms with E-state index < -0.39 is 30.8 Å². The molecule has 1 aliphatic heterocycles. The summed E-state index contributed by atoms with van der Waals surface area (Å²) in [6.45, 7) is -0.487. The highest BCUT2D eigenvalue weighted by Gasteiger charge is 2.53. The van der Waals surface area contributed by atoms with Crippen LogP contribution in [-0.2, 0) is 10.6 Å². The van der Waals surface area contributed by atoms with E-state index in [-0.39, 0.29) is 16.3 Å². The lowest BCUT2D eigenvalue weighted by Crippen LogP contribution is -2.52. The molecule has 0 radical (unpaired) electrons. The fraction of sp³-hybridized carbons (Fsp3) is 0.500. The van der Waals surface area contributed by atoms with Gasteiger partial charge in [0.25, 0.3) is 0 Å². The first-order valence-corrected chi connectivity index (χ1v) is 6.14. The number of nitrogens with zero attached hydrogens (tertiary/aromatic N) is 4. The van der Waals surface area contributed by atoms with Crippen LogP contribution in [0.2, 0.25) is 5.15 Å². The minimum atomic E-state index is -1.81. The molecule has 0 aliphatic carbocycles. The van der Waals surface area contributed by atoms with Gasteiger partial charge in [0.15, 0.2) is 10.8 Å². The molecule has 4 atom stereocenters. The lowest BCUT2D eigenvalue weighted by atomic mass is 10.1. The fourth-order valence-electron chi connectivity index (χ4n) is 2.24. The highest BCUT2D eigenvalue weighted by atomic mass is 35.5. The predicted octanol–water partition coefficient (Wildman–Crippen LogP) is -1.84. The molecule has 0 amide bonds. The summed E-state index contributed by atoms with van der Waals surface area (Å²) in [5.74, 6) is -1.81. The SMILES string of the molecule is NC1(n2cnc3c(Cl)ncnc32)O[C@H](CO)[C@@H](O)[C@H]1O. The average molecular weight is 302 g/mol. The van der Waals surface area contributed by atoms with Crippen molar-refractivity contribution in [3.05, 3.63) is 17.8 Å². The minimum absolute atomic E-state index is 0.129. The molecule has 3 rings (SSSR count). The Morgan fingerprint density at radius 2 is 2.15 bits per heavy atom. The number of imidazole rings is 1. The first-order valence-electron chi connectivity index (χ1n) is 5.76. The second-order valence-electron chi connectivity index (χ2n) is 4.48. The van der Waals surface area contributed by atoms with Gasteiger partial charge in [-0.2, -0.15) is 0 Å². The number of aliphatic hydroxyl groups excluding tert-OH is 3. The van der Waals surface area contributed by atoms with Crippen LogP contribution in [0, 0.1) is 0 Å². The monoisotopic (exact) mass is 301 g/mol. The lowest BCUT2D eigenvalue weighted by Gasteiger charge is -2.28. The third-order valence-electron chi connectivity index (χ3n) is 3.31. The summed E-state index contributed by atoms with van der Waals surface area (Å²) >= 11 is 5.88. The molecule has 0 saturated carbocycles. The molecule has 2 aromatic heterocycles. The van der Waals surface area contributed by atoms with E-state index in [0.717, 1.165) is 0 Å². The maximum absolute atomic E-state index is 10.1. The van der Waals surface area contributed by atoms with Gasteiger partial charge in [0.1, 0.15) is 36.5 Å². The summed E-state index contributed by atoms with van der Waals surface area (Å²) in [5, 5.41) is 29.1. The van der Waals surface area contributed by atoms with E-state index in [4.69, 9.17) is 27.2 Å². The van der Waals surface area contributed by atoms with Crippen molar-refractivity contribution in [2.75, 3.05) is 6.61 Å². The summed E-state index contributed by atoms with van der Waals surface area (Å²) in [6, 6.07) is 0. The zero-order chi connectivity index (χ0) is 14.5. The van der Waals surface area contributed by atoms with Crippen LogP contribution in [0.1, 0.15) is 0 Å². The van der Waals surface area contributed by atoms with Crippen molar-refractivity contribution in [3.8, 4) is 0 Å². The van der Waals surface area contributed by atoms with Gasteiger partial charge in [0.2, 0.25) is 5.85 Å². The van der Waals surface area contributed by atoms with Crippen LogP contribution in [0.3, 0.4) is 0 Å². The molecule has 10 heteroatoms. The summed E-state index contributed by atoms with van der Waals surface area (Å²) in [7, 11) is 0. The van der Waals surface area contributed by atoms with E-state index >= 15 is 0 Å². The van der Waals surface area contributed by atoms with Gasteiger partial charge >= 0.3 is 0 Å². The van der Waals surface area contributed by atoms with Crippen molar-refractivity contribution in [1.82, 2.24) is 19.5 Å². The third kappa shape index (κ3) is 1.72. The van der Waals surface area contributed by atoms with E-state index in [1.54, 1.807) is 0 Å². The Hall–Kier alpha value is -1.36. The Kier molecular flexibility index (Phi) is 3.12. The van der Waals surface area contributed by atoms with E-state index in [1.165, 1.54) is 17.2 Å². The number of nitrogens with two attached hydrogens (primary N) is 1. The third-order valence-corrected chi connectivity index (χ3v) is 3.59. The first kappa shape index (κ1) is 13.6.